The topological polar surface area (TPSA) is 53.4 Å². The number of aryl methyl sites for hydroxylation is 1. The molecule has 1 aromatic heterocycles. The number of carbonyl (C=O) groups is 1. The number of carboxylic acids is 1. The molecule has 1 aliphatic carbocycles. The lowest BCUT2D eigenvalue weighted by Crippen LogP contribution is -2.37. The van der Waals surface area contributed by atoms with Crippen LogP contribution in [0, 0.1) is 6.92 Å². The second-order valence-electron chi connectivity index (χ2n) is 4.64. The van der Waals surface area contributed by atoms with Crippen LogP contribution in [0.3, 0.4) is 0 Å². The molecule has 2 rings (SSSR count). The fourth-order valence-electron chi connectivity index (χ4n) is 1.94. The Morgan fingerprint density at radius 1 is 1.53 bits per heavy atom. The van der Waals surface area contributed by atoms with Gasteiger partial charge in [0.1, 0.15) is 12.4 Å². The number of hydrogen-bond acceptors (Lipinski definition) is 3. The summed E-state index contributed by atoms with van der Waals surface area (Å²) in [6.45, 7) is 0.512. The Morgan fingerprint density at radius 3 is 2.58 bits per heavy atom. The highest BCUT2D eigenvalue weighted by atomic mass is 19.4. The Morgan fingerprint density at radius 2 is 2.16 bits per heavy atom. The summed E-state index contributed by atoms with van der Waals surface area (Å²) >= 11 is 0. The molecular weight excluding hydrogens is 261 g/mol. The van der Waals surface area contributed by atoms with Gasteiger partial charge in [-0.2, -0.15) is 13.2 Å². The third-order valence-electron chi connectivity index (χ3n) is 2.91. The molecule has 0 spiro atoms. The van der Waals surface area contributed by atoms with Gasteiger partial charge in [0.2, 0.25) is 0 Å². The summed E-state index contributed by atoms with van der Waals surface area (Å²) in [5.74, 6) is -0.930. The van der Waals surface area contributed by atoms with Crippen molar-refractivity contribution in [1.29, 1.82) is 0 Å². The van der Waals surface area contributed by atoms with Gasteiger partial charge in [-0.3, -0.25) is 0 Å². The molecule has 1 heterocycles. The number of hydrogen-bond donors (Lipinski definition) is 1. The van der Waals surface area contributed by atoms with E-state index >= 15 is 0 Å². The number of alkyl halides is 3. The van der Waals surface area contributed by atoms with Crippen molar-refractivity contribution in [2.45, 2.75) is 32.0 Å². The maximum Gasteiger partial charge on any atom is 0.405 e. The first-order valence-electron chi connectivity index (χ1n) is 5.81. The van der Waals surface area contributed by atoms with Crippen LogP contribution in [-0.4, -0.2) is 34.8 Å². The van der Waals surface area contributed by atoms with Crippen molar-refractivity contribution >= 4 is 11.8 Å². The summed E-state index contributed by atoms with van der Waals surface area (Å²) in [7, 11) is 0. The molecule has 1 N–H and O–H groups in total. The highest BCUT2D eigenvalue weighted by Crippen LogP contribution is 2.34. The molecule has 1 saturated carbocycles. The Balaban J connectivity index is 2.29. The second kappa shape index (κ2) is 4.71. The SMILES string of the molecule is Cc1cc(C(=O)O)cnc1N(CC(F)(F)F)C1CC1. The van der Waals surface area contributed by atoms with Gasteiger partial charge in [-0.05, 0) is 31.4 Å². The molecule has 0 aliphatic heterocycles. The molecule has 104 valence electrons. The first-order valence-corrected chi connectivity index (χ1v) is 5.81. The van der Waals surface area contributed by atoms with Crippen LogP contribution in [0.15, 0.2) is 12.3 Å². The number of aromatic nitrogens is 1. The number of halogens is 3. The van der Waals surface area contributed by atoms with Crippen molar-refractivity contribution < 1.29 is 23.1 Å². The molecule has 0 saturated heterocycles. The van der Waals surface area contributed by atoms with Gasteiger partial charge < -0.3 is 10.0 Å². The number of carboxylic acid groups (broad SMARTS) is 1. The molecule has 0 bridgehead atoms. The molecule has 1 aromatic rings. The maximum absolute atomic E-state index is 12.6. The van der Waals surface area contributed by atoms with Crippen LogP contribution in [0.25, 0.3) is 0 Å². The lowest BCUT2D eigenvalue weighted by molar-refractivity contribution is -0.120. The lowest BCUT2D eigenvalue weighted by atomic mass is 10.2. The Kier molecular flexibility index (Phi) is 3.38. The van der Waals surface area contributed by atoms with Crippen molar-refractivity contribution in [2.75, 3.05) is 11.4 Å². The van der Waals surface area contributed by atoms with Gasteiger partial charge in [-0.1, -0.05) is 0 Å². The summed E-state index contributed by atoms with van der Waals surface area (Å²) in [5, 5.41) is 8.81. The number of rotatable bonds is 4. The molecule has 7 heteroatoms. The van der Waals surface area contributed by atoms with Crippen molar-refractivity contribution in [3.05, 3.63) is 23.4 Å². The minimum Gasteiger partial charge on any atom is -0.478 e. The van der Waals surface area contributed by atoms with Gasteiger partial charge in [0, 0.05) is 12.2 Å². The average molecular weight is 274 g/mol. The van der Waals surface area contributed by atoms with Crippen LogP contribution in [0.5, 0.6) is 0 Å². The fraction of sp³-hybridized carbons (Fsp3) is 0.500. The Hall–Kier alpha value is -1.79. The van der Waals surface area contributed by atoms with E-state index in [4.69, 9.17) is 5.11 Å². The fourth-order valence-corrected chi connectivity index (χ4v) is 1.94. The number of pyridine rings is 1. The molecule has 0 unspecified atom stereocenters. The molecule has 0 aromatic carbocycles. The number of aromatic carboxylic acids is 1. The second-order valence-corrected chi connectivity index (χ2v) is 4.64. The van der Waals surface area contributed by atoms with Gasteiger partial charge in [0.25, 0.3) is 0 Å². The van der Waals surface area contributed by atoms with Crippen LogP contribution in [0.2, 0.25) is 0 Å². The maximum atomic E-state index is 12.6. The van der Waals surface area contributed by atoms with E-state index in [9.17, 15) is 18.0 Å². The molecule has 19 heavy (non-hydrogen) atoms. The highest BCUT2D eigenvalue weighted by Gasteiger charge is 2.39. The van der Waals surface area contributed by atoms with Crippen LogP contribution in [0.4, 0.5) is 19.0 Å². The molecule has 0 atom stereocenters. The summed E-state index contributed by atoms with van der Waals surface area (Å²) in [6.07, 6.45) is -1.80. The van der Waals surface area contributed by atoms with Gasteiger partial charge in [-0.15, -0.1) is 0 Å². The Bertz CT molecular complexity index is 498. The third kappa shape index (κ3) is 3.36. The van der Waals surface area contributed by atoms with Crippen molar-refractivity contribution in [3.63, 3.8) is 0 Å². The van der Waals surface area contributed by atoms with Gasteiger partial charge in [0.05, 0.1) is 5.56 Å². The largest absolute Gasteiger partial charge is 0.478 e. The van der Waals surface area contributed by atoms with E-state index in [0.717, 1.165) is 6.20 Å². The van der Waals surface area contributed by atoms with Crippen LogP contribution < -0.4 is 4.90 Å². The van der Waals surface area contributed by atoms with E-state index in [-0.39, 0.29) is 17.4 Å². The minimum absolute atomic E-state index is 0.0241. The van der Waals surface area contributed by atoms with E-state index in [1.165, 1.54) is 11.0 Å². The zero-order valence-corrected chi connectivity index (χ0v) is 10.2. The van der Waals surface area contributed by atoms with Gasteiger partial charge in [0.15, 0.2) is 0 Å². The first-order chi connectivity index (χ1) is 8.78. The molecule has 1 fully saturated rings. The van der Waals surface area contributed by atoms with Crippen LogP contribution in [0.1, 0.15) is 28.8 Å². The van der Waals surface area contributed by atoms with E-state index in [0.29, 0.717) is 18.4 Å². The Labute approximate surface area is 107 Å². The third-order valence-corrected chi connectivity index (χ3v) is 2.91. The van der Waals surface area contributed by atoms with E-state index in [2.05, 4.69) is 4.98 Å². The molecule has 1 aliphatic rings. The molecule has 0 amide bonds. The zero-order chi connectivity index (χ0) is 14.2. The van der Waals surface area contributed by atoms with Gasteiger partial charge >= 0.3 is 12.1 Å². The average Bonchev–Trinajstić information content (AvgIpc) is 3.08. The summed E-state index contributed by atoms with van der Waals surface area (Å²) in [4.78, 5) is 15.9. The van der Waals surface area contributed by atoms with Crippen molar-refractivity contribution in [3.8, 4) is 0 Å². The van der Waals surface area contributed by atoms with E-state index < -0.39 is 18.7 Å². The summed E-state index contributed by atoms with van der Waals surface area (Å²) in [6, 6.07) is 1.19. The van der Waals surface area contributed by atoms with Crippen molar-refractivity contribution in [1.82, 2.24) is 4.98 Å². The normalized spacial score (nSPS) is 15.4. The van der Waals surface area contributed by atoms with Gasteiger partial charge in [-0.25, -0.2) is 9.78 Å². The number of nitrogens with zero attached hydrogens (tertiary/aromatic N) is 2. The summed E-state index contributed by atoms with van der Waals surface area (Å²) in [5.41, 5.74) is 0.417. The molecule has 4 nitrogen and oxygen atoms in total. The zero-order valence-electron chi connectivity index (χ0n) is 10.2. The highest BCUT2D eigenvalue weighted by molar-refractivity contribution is 5.87. The van der Waals surface area contributed by atoms with E-state index in [1.807, 2.05) is 0 Å². The van der Waals surface area contributed by atoms with E-state index in [1.54, 1.807) is 6.92 Å². The van der Waals surface area contributed by atoms with Crippen molar-refractivity contribution in [2.24, 2.45) is 0 Å². The minimum atomic E-state index is -4.30. The van der Waals surface area contributed by atoms with Crippen LogP contribution >= 0.6 is 0 Å². The summed E-state index contributed by atoms with van der Waals surface area (Å²) < 4.78 is 37.7. The van der Waals surface area contributed by atoms with Crippen LogP contribution in [-0.2, 0) is 0 Å². The lowest BCUT2D eigenvalue weighted by Gasteiger charge is -2.26. The molecule has 0 radical (unpaired) electrons. The monoisotopic (exact) mass is 274 g/mol. The first kappa shape index (κ1) is 13.6. The number of anilines is 1. The quantitative estimate of drug-likeness (QED) is 0.917. The molecular formula is C12H13F3N2O2. The predicted octanol–water partition coefficient (Wildman–Crippen LogP) is 2.62. The predicted molar refractivity (Wildman–Crippen MR) is 62.4 cm³/mol. The smallest absolute Gasteiger partial charge is 0.405 e. The standard InChI is InChI=1S/C12H13F3N2O2/c1-7-4-8(11(18)19)5-16-10(7)17(9-2-3-9)6-12(13,14)15/h4-5,9H,2-3,6H2,1H3,(H,18,19).